The second kappa shape index (κ2) is 5.66. The van der Waals surface area contributed by atoms with Gasteiger partial charge < -0.3 is 10.6 Å². The van der Waals surface area contributed by atoms with Crippen molar-refractivity contribution in [1.82, 2.24) is 0 Å². The third-order valence-corrected chi connectivity index (χ3v) is 0.500. The maximum absolute atomic E-state index is 8.16. The first-order valence-corrected chi connectivity index (χ1v) is 2.01. The van der Waals surface area contributed by atoms with Crippen LogP contribution in [0.1, 0.15) is 13.8 Å². The van der Waals surface area contributed by atoms with E-state index in [-0.39, 0.29) is 12.1 Å². The van der Waals surface area contributed by atoms with Crippen LogP contribution in [-0.2, 0) is 0 Å². The van der Waals surface area contributed by atoms with Gasteiger partial charge in [0.15, 0.2) is 0 Å². The summed E-state index contributed by atoms with van der Waals surface area (Å²) in [6.45, 7) is 4.08. The molecular weight excluding hydrogens is 92.1 g/mol. The summed E-state index contributed by atoms with van der Waals surface area (Å²) in [7, 11) is 0. The highest BCUT2D eigenvalue weighted by molar-refractivity contribution is 4.91. The lowest BCUT2D eigenvalue weighted by Gasteiger charge is -1.80. The van der Waals surface area contributed by atoms with E-state index >= 15 is 0 Å². The lowest BCUT2D eigenvalue weighted by molar-refractivity contribution is 0.342. The number of rotatable bonds is 1. The summed E-state index contributed by atoms with van der Waals surface area (Å²) < 4.78 is 0. The van der Waals surface area contributed by atoms with Crippen molar-refractivity contribution in [3.8, 4) is 0 Å². The van der Waals surface area contributed by atoms with Crippen molar-refractivity contribution in [3.05, 3.63) is 11.6 Å². The third-order valence-electron chi connectivity index (χ3n) is 0.500. The highest BCUT2D eigenvalue weighted by Crippen LogP contribution is 1.83. The lowest BCUT2D eigenvalue weighted by atomic mass is 10.3. The highest BCUT2D eigenvalue weighted by Gasteiger charge is 1.68. The Morgan fingerprint density at radius 1 is 1.57 bits per heavy atom. The monoisotopic (exact) mass is 104 g/mol. The molecule has 0 amide bonds. The van der Waals surface area contributed by atoms with Crippen molar-refractivity contribution in [2.75, 3.05) is 6.61 Å². The molecule has 0 saturated carbocycles. The Bertz CT molecular complexity index is 53.1. The van der Waals surface area contributed by atoms with E-state index in [0.29, 0.717) is 0 Å². The van der Waals surface area contributed by atoms with Crippen LogP contribution in [0.5, 0.6) is 0 Å². The predicted octanol–water partition coefficient (Wildman–Crippen LogP) is 0.120. The predicted molar refractivity (Wildman–Crippen MR) is 30.1 cm³/mol. The largest absolute Gasteiger partial charge is 0.412 e. The molecule has 0 aliphatic heterocycles. The van der Waals surface area contributed by atoms with Gasteiger partial charge in [-0.05, 0) is 13.8 Å². The zero-order valence-corrected chi connectivity index (χ0v) is 4.73. The topological polar surface area (TPSA) is 51.7 Å². The Kier molecular flexibility index (Phi) is 7.94. The smallest absolute Gasteiger partial charge is 0.0614 e. The normalized spacial score (nSPS) is 6.71. The van der Waals surface area contributed by atoms with E-state index in [0.717, 1.165) is 5.57 Å². The molecule has 3 N–H and O–H groups in total. The third kappa shape index (κ3) is 10.7. The highest BCUT2D eigenvalue weighted by atomic mass is 16.2. The van der Waals surface area contributed by atoms with Crippen LogP contribution >= 0.6 is 0 Å². The average molecular weight is 104 g/mol. The maximum Gasteiger partial charge on any atom is 0.0614 e. The summed E-state index contributed by atoms with van der Waals surface area (Å²) in [5.41, 5.74) is 1.16. The van der Waals surface area contributed by atoms with Crippen molar-refractivity contribution in [1.29, 1.82) is 0 Å². The van der Waals surface area contributed by atoms with E-state index in [2.05, 4.69) is 0 Å². The van der Waals surface area contributed by atoms with Gasteiger partial charge in [0.2, 0.25) is 0 Å². The molecule has 0 heterocycles. The Hall–Kier alpha value is -0.340. The van der Waals surface area contributed by atoms with Crippen LogP contribution in [0.15, 0.2) is 11.6 Å². The van der Waals surface area contributed by atoms with Crippen molar-refractivity contribution in [2.24, 2.45) is 0 Å². The Morgan fingerprint density at radius 3 is 2.00 bits per heavy atom. The Morgan fingerprint density at radius 2 is 2.00 bits per heavy atom. The van der Waals surface area contributed by atoms with Crippen molar-refractivity contribution in [3.63, 3.8) is 0 Å². The first kappa shape index (κ1) is 9.83. The van der Waals surface area contributed by atoms with Gasteiger partial charge in [-0.2, -0.15) is 0 Å². The van der Waals surface area contributed by atoms with Crippen molar-refractivity contribution >= 4 is 0 Å². The van der Waals surface area contributed by atoms with Gasteiger partial charge in [-0.25, -0.2) is 0 Å². The Labute approximate surface area is 43.8 Å². The minimum absolute atomic E-state index is 0. The molecule has 7 heavy (non-hydrogen) atoms. The van der Waals surface area contributed by atoms with Gasteiger partial charge in [0, 0.05) is 0 Å². The van der Waals surface area contributed by atoms with Gasteiger partial charge in [0.1, 0.15) is 0 Å². The molecule has 0 rings (SSSR count). The van der Waals surface area contributed by atoms with Crippen LogP contribution in [0.3, 0.4) is 0 Å². The Balaban J connectivity index is 0. The lowest BCUT2D eigenvalue weighted by Crippen LogP contribution is -1.71. The molecule has 0 spiro atoms. The summed E-state index contributed by atoms with van der Waals surface area (Å²) in [6.07, 6.45) is 1.76. The van der Waals surface area contributed by atoms with Crippen LogP contribution in [0.2, 0.25) is 0 Å². The van der Waals surface area contributed by atoms with E-state index < -0.39 is 0 Å². The van der Waals surface area contributed by atoms with Crippen LogP contribution in [0.25, 0.3) is 0 Å². The molecule has 0 unspecified atom stereocenters. The number of aliphatic hydroxyl groups excluding tert-OH is 1. The fourth-order valence-corrected chi connectivity index (χ4v) is 0.183. The van der Waals surface area contributed by atoms with Crippen LogP contribution in [0.4, 0.5) is 0 Å². The van der Waals surface area contributed by atoms with Crippen molar-refractivity contribution in [2.45, 2.75) is 13.8 Å². The fraction of sp³-hybridized carbons (Fsp3) is 0.600. The molecule has 0 aliphatic rings. The molecule has 0 aliphatic carbocycles. The summed E-state index contributed by atoms with van der Waals surface area (Å²) in [5, 5.41) is 8.16. The molecule has 0 saturated heterocycles. The molecule has 0 aromatic heterocycles. The number of allylic oxidation sites excluding steroid dienone is 1. The van der Waals surface area contributed by atoms with E-state index in [1.54, 1.807) is 6.08 Å². The zero-order chi connectivity index (χ0) is 4.99. The van der Waals surface area contributed by atoms with E-state index in [4.69, 9.17) is 5.11 Å². The van der Waals surface area contributed by atoms with Crippen LogP contribution in [0, 0.1) is 0 Å². The number of hydrogen-bond acceptors (Lipinski definition) is 1. The molecule has 2 heteroatoms. The molecule has 0 atom stereocenters. The van der Waals surface area contributed by atoms with Gasteiger partial charge >= 0.3 is 0 Å². The molecule has 0 bridgehead atoms. The maximum atomic E-state index is 8.16. The van der Waals surface area contributed by atoms with Gasteiger partial charge in [-0.15, -0.1) is 0 Å². The molecule has 0 fully saturated rings. The first-order chi connectivity index (χ1) is 2.77. The van der Waals surface area contributed by atoms with Gasteiger partial charge in [-0.3, -0.25) is 0 Å². The second-order valence-electron chi connectivity index (χ2n) is 1.46. The fourth-order valence-electron chi connectivity index (χ4n) is 0.183. The molecule has 44 valence electrons. The summed E-state index contributed by atoms with van der Waals surface area (Å²) in [6, 6.07) is 0. The number of hydrogen-bond donors (Lipinski definition) is 1. The minimum Gasteiger partial charge on any atom is -0.412 e. The summed E-state index contributed by atoms with van der Waals surface area (Å²) in [5.74, 6) is 0. The second-order valence-corrected chi connectivity index (χ2v) is 1.46. The average Bonchev–Trinajstić information content (AvgIpc) is 1.35. The first-order valence-electron chi connectivity index (χ1n) is 2.01. The van der Waals surface area contributed by atoms with E-state index in [1.807, 2.05) is 13.8 Å². The van der Waals surface area contributed by atoms with Crippen molar-refractivity contribution < 1.29 is 10.6 Å². The van der Waals surface area contributed by atoms with E-state index in [1.165, 1.54) is 0 Å². The molecule has 0 radical (unpaired) electrons. The van der Waals surface area contributed by atoms with E-state index in [9.17, 15) is 0 Å². The van der Waals surface area contributed by atoms with Gasteiger partial charge in [0.05, 0.1) is 6.61 Å². The number of aliphatic hydroxyl groups is 1. The van der Waals surface area contributed by atoms with Gasteiger partial charge in [0.25, 0.3) is 0 Å². The zero-order valence-electron chi connectivity index (χ0n) is 4.73. The van der Waals surface area contributed by atoms with Crippen LogP contribution in [-0.4, -0.2) is 17.2 Å². The molecule has 2 nitrogen and oxygen atoms in total. The van der Waals surface area contributed by atoms with Crippen LogP contribution < -0.4 is 0 Å². The molecule has 0 aromatic rings. The SMILES string of the molecule is CC(C)=CCO.O. The standard InChI is InChI=1S/C5H10O.H2O/c1-5(2)3-4-6;/h3,6H,4H2,1-2H3;1H2. The van der Waals surface area contributed by atoms with Gasteiger partial charge in [-0.1, -0.05) is 11.6 Å². The summed E-state index contributed by atoms with van der Waals surface area (Å²) >= 11 is 0. The molecule has 0 aromatic carbocycles. The quantitative estimate of drug-likeness (QED) is 0.472. The molecular formula is C5H12O2. The summed E-state index contributed by atoms with van der Waals surface area (Å²) in [4.78, 5) is 0. The minimum atomic E-state index is 0.